The topological polar surface area (TPSA) is 119 Å². The highest BCUT2D eigenvalue weighted by Gasteiger charge is 2.37. The molecule has 0 saturated carbocycles. The number of amides is 4. The number of aryl methyl sites for hydroxylation is 2. The van der Waals surface area contributed by atoms with E-state index in [0.717, 1.165) is 16.0 Å². The third-order valence-electron chi connectivity index (χ3n) is 5.43. The number of barbiturate groups is 1. The minimum atomic E-state index is -0.796. The number of imide groups is 2. The van der Waals surface area contributed by atoms with Crippen molar-refractivity contribution in [2.24, 2.45) is 0 Å². The van der Waals surface area contributed by atoms with Crippen LogP contribution in [-0.2, 0) is 16.2 Å². The first kappa shape index (κ1) is 23.4. The summed E-state index contributed by atoms with van der Waals surface area (Å²) in [6.45, 7) is 3.76. The standard InChI is InChI=1S/C26H21N3O6/c1-16-6-7-17(2)23(12-16)28-25(31)22(24(30)27-26(28)32)14-18-8-10-21(11-9-18)35-15-19-4-3-5-20(13-19)29(33)34/h3-14H,15H2,1-2H3,(H,27,30,32)/b22-14+. The minimum Gasteiger partial charge on any atom is -0.489 e. The van der Waals surface area contributed by atoms with E-state index in [1.807, 2.05) is 13.0 Å². The van der Waals surface area contributed by atoms with Crippen LogP contribution in [0, 0.1) is 24.0 Å². The van der Waals surface area contributed by atoms with Crippen molar-refractivity contribution < 1.29 is 24.0 Å². The van der Waals surface area contributed by atoms with E-state index in [0.29, 0.717) is 22.6 Å². The minimum absolute atomic E-state index is 0.0168. The molecule has 9 nitrogen and oxygen atoms in total. The Bertz CT molecular complexity index is 1380. The largest absolute Gasteiger partial charge is 0.489 e. The van der Waals surface area contributed by atoms with Crippen molar-refractivity contribution in [2.75, 3.05) is 4.90 Å². The molecule has 0 bridgehead atoms. The van der Waals surface area contributed by atoms with E-state index in [1.165, 1.54) is 18.2 Å². The monoisotopic (exact) mass is 471 g/mol. The van der Waals surface area contributed by atoms with Crippen molar-refractivity contribution in [1.82, 2.24) is 5.32 Å². The fourth-order valence-electron chi connectivity index (χ4n) is 3.59. The third-order valence-corrected chi connectivity index (χ3v) is 5.43. The number of carbonyl (C=O) groups excluding carboxylic acids is 3. The average molecular weight is 471 g/mol. The number of hydrogen-bond donors (Lipinski definition) is 1. The number of urea groups is 1. The number of hydrogen-bond acceptors (Lipinski definition) is 6. The molecule has 1 heterocycles. The number of nitro benzene ring substituents is 1. The molecule has 3 aromatic carbocycles. The molecule has 35 heavy (non-hydrogen) atoms. The molecule has 1 saturated heterocycles. The Morgan fingerprint density at radius 2 is 1.74 bits per heavy atom. The van der Waals surface area contributed by atoms with Crippen LogP contribution in [-0.4, -0.2) is 22.8 Å². The summed E-state index contributed by atoms with van der Waals surface area (Å²) in [6, 6.07) is 17.4. The molecule has 9 heteroatoms. The summed E-state index contributed by atoms with van der Waals surface area (Å²) in [5.74, 6) is -0.976. The van der Waals surface area contributed by atoms with Gasteiger partial charge in [-0.25, -0.2) is 9.69 Å². The highest BCUT2D eigenvalue weighted by atomic mass is 16.6. The Morgan fingerprint density at radius 3 is 2.46 bits per heavy atom. The first-order valence-corrected chi connectivity index (χ1v) is 10.7. The maximum Gasteiger partial charge on any atom is 0.335 e. The number of carbonyl (C=O) groups is 3. The van der Waals surface area contributed by atoms with Gasteiger partial charge in [-0.1, -0.05) is 36.4 Å². The van der Waals surface area contributed by atoms with E-state index in [9.17, 15) is 24.5 Å². The van der Waals surface area contributed by atoms with Gasteiger partial charge in [0.05, 0.1) is 10.6 Å². The second-order valence-corrected chi connectivity index (χ2v) is 8.03. The average Bonchev–Trinajstić information content (AvgIpc) is 2.83. The Kier molecular flexibility index (Phi) is 6.41. The van der Waals surface area contributed by atoms with Crippen molar-refractivity contribution in [3.05, 3.63) is 105 Å². The Hall–Kier alpha value is -4.79. The smallest absolute Gasteiger partial charge is 0.335 e. The molecule has 0 aliphatic carbocycles. The predicted molar refractivity (Wildman–Crippen MR) is 129 cm³/mol. The maximum atomic E-state index is 13.1. The molecule has 1 aliphatic rings. The van der Waals surface area contributed by atoms with Crippen molar-refractivity contribution in [2.45, 2.75) is 20.5 Å². The third kappa shape index (κ3) is 5.09. The number of nitro groups is 1. The van der Waals surface area contributed by atoms with Gasteiger partial charge in [0.2, 0.25) is 0 Å². The van der Waals surface area contributed by atoms with Crippen LogP contribution in [0.4, 0.5) is 16.2 Å². The lowest BCUT2D eigenvalue weighted by Gasteiger charge is -2.27. The highest BCUT2D eigenvalue weighted by Crippen LogP contribution is 2.26. The van der Waals surface area contributed by atoms with Crippen LogP contribution in [0.25, 0.3) is 6.08 Å². The summed E-state index contributed by atoms with van der Waals surface area (Å²) < 4.78 is 5.68. The van der Waals surface area contributed by atoms with Gasteiger partial charge in [0.25, 0.3) is 17.5 Å². The van der Waals surface area contributed by atoms with E-state index < -0.39 is 22.8 Å². The Labute approximate surface area is 200 Å². The molecule has 0 spiro atoms. The van der Waals surface area contributed by atoms with Crippen LogP contribution >= 0.6 is 0 Å². The zero-order valence-electron chi connectivity index (χ0n) is 19.0. The molecular weight excluding hydrogens is 450 g/mol. The van der Waals surface area contributed by atoms with E-state index in [1.54, 1.807) is 55.5 Å². The van der Waals surface area contributed by atoms with Gasteiger partial charge in [-0.3, -0.25) is 25.0 Å². The van der Waals surface area contributed by atoms with E-state index in [-0.39, 0.29) is 17.9 Å². The fraction of sp³-hybridized carbons (Fsp3) is 0.115. The quantitative estimate of drug-likeness (QED) is 0.245. The van der Waals surface area contributed by atoms with Crippen LogP contribution in [0.5, 0.6) is 5.75 Å². The van der Waals surface area contributed by atoms with Gasteiger partial charge in [0.15, 0.2) is 0 Å². The lowest BCUT2D eigenvalue weighted by Crippen LogP contribution is -2.54. The van der Waals surface area contributed by atoms with Crippen molar-refractivity contribution in [3.63, 3.8) is 0 Å². The molecular formula is C26H21N3O6. The van der Waals surface area contributed by atoms with Crippen molar-refractivity contribution >= 4 is 35.3 Å². The molecule has 1 aliphatic heterocycles. The van der Waals surface area contributed by atoms with Crippen molar-refractivity contribution in [1.29, 1.82) is 0 Å². The first-order chi connectivity index (χ1) is 16.7. The molecule has 4 amide bonds. The normalized spacial score (nSPS) is 14.7. The molecule has 176 valence electrons. The van der Waals surface area contributed by atoms with E-state index in [4.69, 9.17) is 4.74 Å². The van der Waals surface area contributed by atoms with Crippen LogP contribution in [0.3, 0.4) is 0 Å². The summed E-state index contributed by atoms with van der Waals surface area (Å²) in [7, 11) is 0. The Morgan fingerprint density at radius 1 is 1.00 bits per heavy atom. The van der Waals surface area contributed by atoms with Gasteiger partial charge in [-0.2, -0.15) is 0 Å². The van der Waals surface area contributed by atoms with Gasteiger partial charge < -0.3 is 4.74 Å². The van der Waals surface area contributed by atoms with Crippen LogP contribution < -0.4 is 15.0 Å². The van der Waals surface area contributed by atoms with E-state index in [2.05, 4.69) is 5.32 Å². The fourth-order valence-corrected chi connectivity index (χ4v) is 3.59. The van der Waals surface area contributed by atoms with Gasteiger partial charge in [-0.15, -0.1) is 0 Å². The summed E-state index contributed by atoms with van der Waals surface area (Å²) in [5.41, 5.74) is 3.02. The second kappa shape index (κ2) is 9.60. The maximum absolute atomic E-state index is 13.1. The summed E-state index contributed by atoms with van der Waals surface area (Å²) >= 11 is 0. The van der Waals surface area contributed by atoms with Gasteiger partial charge >= 0.3 is 6.03 Å². The molecule has 0 unspecified atom stereocenters. The predicted octanol–water partition coefficient (Wildman–Crippen LogP) is 4.46. The van der Waals surface area contributed by atoms with Crippen LogP contribution in [0.1, 0.15) is 22.3 Å². The zero-order chi connectivity index (χ0) is 25.1. The molecule has 1 fully saturated rings. The molecule has 0 atom stereocenters. The number of rotatable bonds is 6. The van der Waals surface area contributed by atoms with Crippen molar-refractivity contribution in [3.8, 4) is 5.75 Å². The number of nitrogens with one attached hydrogen (secondary N) is 1. The van der Waals surface area contributed by atoms with Gasteiger partial charge in [-0.05, 0) is 60.4 Å². The lowest BCUT2D eigenvalue weighted by atomic mass is 10.0. The van der Waals surface area contributed by atoms with Crippen LogP contribution in [0.15, 0.2) is 72.3 Å². The van der Waals surface area contributed by atoms with Gasteiger partial charge in [0, 0.05) is 12.1 Å². The summed E-state index contributed by atoms with van der Waals surface area (Å²) in [5, 5.41) is 13.1. The SMILES string of the molecule is Cc1ccc(C)c(N2C(=O)NC(=O)/C(=C\c3ccc(OCc4cccc([N+](=O)[O-])c4)cc3)C2=O)c1. The highest BCUT2D eigenvalue weighted by molar-refractivity contribution is 6.39. The zero-order valence-corrected chi connectivity index (χ0v) is 19.0. The number of anilines is 1. The number of benzene rings is 3. The van der Waals surface area contributed by atoms with Gasteiger partial charge in [0.1, 0.15) is 17.9 Å². The number of ether oxygens (including phenoxy) is 1. The summed E-state index contributed by atoms with van der Waals surface area (Å²) in [6.07, 6.45) is 1.41. The number of nitrogens with zero attached hydrogens (tertiary/aromatic N) is 2. The lowest BCUT2D eigenvalue weighted by molar-refractivity contribution is -0.384. The number of non-ortho nitro benzene ring substituents is 1. The molecule has 3 aromatic rings. The first-order valence-electron chi connectivity index (χ1n) is 10.7. The molecule has 0 aromatic heterocycles. The summed E-state index contributed by atoms with van der Waals surface area (Å²) in [4.78, 5) is 49.4. The van der Waals surface area contributed by atoms with Crippen LogP contribution in [0.2, 0.25) is 0 Å². The Balaban J connectivity index is 1.52. The molecule has 4 rings (SSSR count). The molecule has 1 N–H and O–H groups in total. The van der Waals surface area contributed by atoms with E-state index >= 15 is 0 Å². The second-order valence-electron chi connectivity index (χ2n) is 8.03. The molecule has 0 radical (unpaired) electrons.